The van der Waals surface area contributed by atoms with Crippen molar-refractivity contribution in [2.24, 2.45) is 0 Å². The van der Waals surface area contributed by atoms with E-state index in [2.05, 4.69) is 20.2 Å². The number of hydrogen-bond donors (Lipinski definition) is 2. The van der Waals surface area contributed by atoms with E-state index >= 15 is 0 Å². The average Bonchev–Trinajstić information content (AvgIpc) is 2.61. The topological polar surface area (TPSA) is 59.0 Å². The second-order valence-electron chi connectivity index (χ2n) is 5.10. The van der Waals surface area contributed by atoms with Crippen molar-refractivity contribution in [2.75, 3.05) is 6.54 Å². The van der Waals surface area contributed by atoms with Gasteiger partial charge in [0.05, 0.1) is 5.69 Å². The van der Waals surface area contributed by atoms with Gasteiger partial charge in [-0.3, -0.25) is 4.79 Å². The van der Waals surface area contributed by atoms with Crippen molar-refractivity contribution in [3.05, 3.63) is 17.2 Å². The van der Waals surface area contributed by atoms with E-state index < -0.39 is 0 Å². The Hall–Kier alpha value is -1.36. The van der Waals surface area contributed by atoms with Gasteiger partial charge < -0.3 is 15.2 Å². The Kier molecular flexibility index (Phi) is 4.01. The molecule has 5 nitrogen and oxygen atoms in total. The molecule has 0 unspecified atom stereocenters. The maximum absolute atomic E-state index is 11.7. The highest BCUT2D eigenvalue weighted by molar-refractivity contribution is 5.76. The molecule has 2 rings (SSSR count). The van der Waals surface area contributed by atoms with Gasteiger partial charge in [0.25, 0.3) is 0 Å². The van der Waals surface area contributed by atoms with Crippen LogP contribution in [-0.4, -0.2) is 28.0 Å². The third-order valence-corrected chi connectivity index (χ3v) is 3.19. The highest BCUT2D eigenvalue weighted by Gasteiger charge is 2.18. The van der Waals surface area contributed by atoms with Crippen molar-refractivity contribution in [3.63, 3.8) is 0 Å². The van der Waals surface area contributed by atoms with Gasteiger partial charge in [0.15, 0.2) is 0 Å². The second kappa shape index (κ2) is 5.52. The first kappa shape index (κ1) is 13.1. The summed E-state index contributed by atoms with van der Waals surface area (Å²) in [5, 5.41) is 6.24. The van der Waals surface area contributed by atoms with E-state index in [0.29, 0.717) is 6.42 Å². The van der Waals surface area contributed by atoms with Crippen molar-refractivity contribution in [1.29, 1.82) is 0 Å². The maximum Gasteiger partial charge on any atom is 0.221 e. The van der Waals surface area contributed by atoms with E-state index in [0.717, 1.165) is 37.6 Å². The summed E-state index contributed by atoms with van der Waals surface area (Å²) < 4.78 is 2.19. The zero-order valence-corrected chi connectivity index (χ0v) is 11.4. The Morgan fingerprint density at radius 3 is 3.06 bits per heavy atom. The molecule has 1 aromatic heterocycles. The molecule has 2 N–H and O–H groups in total. The Morgan fingerprint density at radius 1 is 1.56 bits per heavy atom. The van der Waals surface area contributed by atoms with Crippen molar-refractivity contribution in [2.45, 2.75) is 52.7 Å². The molecule has 1 aromatic rings. The molecule has 1 amide bonds. The van der Waals surface area contributed by atoms with E-state index in [-0.39, 0.29) is 11.9 Å². The van der Waals surface area contributed by atoms with Crippen molar-refractivity contribution in [1.82, 2.24) is 20.2 Å². The van der Waals surface area contributed by atoms with Gasteiger partial charge in [0.2, 0.25) is 5.91 Å². The first-order valence-electron chi connectivity index (χ1n) is 6.63. The van der Waals surface area contributed by atoms with E-state index in [4.69, 9.17) is 0 Å². The Balaban J connectivity index is 2.01. The lowest BCUT2D eigenvalue weighted by Gasteiger charge is -2.16. The minimum absolute atomic E-state index is 0.112. The van der Waals surface area contributed by atoms with Crippen LogP contribution in [0.15, 0.2) is 0 Å². The summed E-state index contributed by atoms with van der Waals surface area (Å²) in [5.74, 6) is 1.13. The summed E-state index contributed by atoms with van der Waals surface area (Å²) >= 11 is 0. The van der Waals surface area contributed by atoms with Crippen LogP contribution >= 0.6 is 0 Å². The molecular weight excluding hydrogens is 228 g/mol. The minimum atomic E-state index is 0.112. The van der Waals surface area contributed by atoms with Crippen LogP contribution in [0.1, 0.15) is 37.5 Å². The molecule has 2 heterocycles. The Bertz CT molecular complexity index is 436. The zero-order valence-electron chi connectivity index (χ0n) is 11.4. The summed E-state index contributed by atoms with van der Waals surface area (Å²) in [6, 6.07) is 0.208. The number of nitrogens with zero attached hydrogens (tertiary/aromatic N) is 2. The molecule has 0 atom stereocenters. The predicted octanol–water partition coefficient (Wildman–Crippen LogP) is 0.752. The monoisotopic (exact) mass is 250 g/mol. The molecule has 0 bridgehead atoms. The minimum Gasteiger partial charge on any atom is -0.354 e. The van der Waals surface area contributed by atoms with Crippen LogP contribution in [0.4, 0.5) is 0 Å². The standard InChI is InChI=1S/C13H22N4O/c1-9(2)15-13(18)5-7-17-10(3)16-11-8-14-6-4-12(11)17/h9,14H,4-8H2,1-3H3,(H,15,18). The highest BCUT2D eigenvalue weighted by atomic mass is 16.1. The molecule has 0 saturated carbocycles. The van der Waals surface area contributed by atoms with Gasteiger partial charge in [0.1, 0.15) is 5.82 Å². The Labute approximate surface area is 108 Å². The number of imidazole rings is 1. The fourth-order valence-corrected chi connectivity index (χ4v) is 2.41. The van der Waals surface area contributed by atoms with Crippen molar-refractivity contribution in [3.8, 4) is 0 Å². The van der Waals surface area contributed by atoms with E-state index in [9.17, 15) is 4.79 Å². The number of fused-ring (bicyclic) bond motifs is 1. The van der Waals surface area contributed by atoms with Crippen LogP contribution < -0.4 is 10.6 Å². The van der Waals surface area contributed by atoms with Crippen molar-refractivity contribution < 1.29 is 4.79 Å². The summed E-state index contributed by atoms with van der Waals surface area (Å²) in [6.45, 7) is 8.55. The molecule has 0 aromatic carbocycles. The largest absolute Gasteiger partial charge is 0.354 e. The summed E-state index contributed by atoms with van der Waals surface area (Å²) in [5.41, 5.74) is 2.44. The molecule has 18 heavy (non-hydrogen) atoms. The second-order valence-corrected chi connectivity index (χ2v) is 5.10. The smallest absolute Gasteiger partial charge is 0.221 e. The third-order valence-electron chi connectivity index (χ3n) is 3.19. The van der Waals surface area contributed by atoms with Crippen LogP contribution in [-0.2, 0) is 24.3 Å². The first-order chi connectivity index (χ1) is 8.58. The molecule has 1 aliphatic rings. The molecule has 0 aliphatic carbocycles. The summed E-state index contributed by atoms with van der Waals surface area (Å²) in [7, 11) is 0. The van der Waals surface area contributed by atoms with E-state index in [1.54, 1.807) is 0 Å². The first-order valence-corrected chi connectivity index (χ1v) is 6.63. The molecule has 1 aliphatic heterocycles. The lowest BCUT2D eigenvalue weighted by atomic mass is 10.2. The number of carbonyl (C=O) groups is 1. The van der Waals surface area contributed by atoms with Gasteiger partial charge >= 0.3 is 0 Å². The number of hydrogen-bond acceptors (Lipinski definition) is 3. The molecule has 5 heteroatoms. The van der Waals surface area contributed by atoms with Gasteiger partial charge in [-0.15, -0.1) is 0 Å². The number of carbonyl (C=O) groups excluding carboxylic acids is 1. The quantitative estimate of drug-likeness (QED) is 0.829. The van der Waals surface area contributed by atoms with Crippen LogP contribution in [0.5, 0.6) is 0 Å². The number of nitrogens with one attached hydrogen (secondary N) is 2. The number of rotatable bonds is 4. The molecule has 0 saturated heterocycles. The summed E-state index contributed by atoms with van der Waals surface area (Å²) in [4.78, 5) is 16.2. The molecule has 0 radical (unpaired) electrons. The summed E-state index contributed by atoms with van der Waals surface area (Å²) in [6.07, 6.45) is 1.53. The van der Waals surface area contributed by atoms with Crippen LogP contribution in [0.3, 0.4) is 0 Å². The molecule has 0 spiro atoms. The number of aryl methyl sites for hydroxylation is 1. The average molecular weight is 250 g/mol. The molecule has 0 fully saturated rings. The zero-order chi connectivity index (χ0) is 13.1. The normalized spacial score (nSPS) is 14.7. The van der Waals surface area contributed by atoms with Gasteiger partial charge in [-0.2, -0.15) is 0 Å². The molecule has 100 valence electrons. The number of aromatic nitrogens is 2. The highest BCUT2D eigenvalue weighted by Crippen LogP contribution is 2.16. The van der Waals surface area contributed by atoms with Gasteiger partial charge in [-0.05, 0) is 20.8 Å². The number of amides is 1. The molecular formula is C13H22N4O. The third kappa shape index (κ3) is 2.90. The predicted molar refractivity (Wildman–Crippen MR) is 70.3 cm³/mol. The van der Waals surface area contributed by atoms with Crippen molar-refractivity contribution >= 4 is 5.91 Å². The van der Waals surface area contributed by atoms with Crippen LogP contribution in [0.25, 0.3) is 0 Å². The fourth-order valence-electron chi connectivity index (χ4n) is 2.41. The lowest BCUT2D eigenvalue weighted by Crippen LogP contribution is -2.31. The SMILES string of the molecule is Cc1nc2c(n1CCC(=O)NC(C)C)CCNC2. The Morgan fingerprint density at radius 2 is 2.33 bits per heavy atom. The van der Waals surface area contributed by atoms with E-state index in [1.165, 1.54) is 5.69 Å². The van der Waals surface area contributed by atoms with Gasteiger partial charge in [0, 0.05) is 44.2 Å². The van der Waals surface area contributed by atoms with Gasteiger partial charge in [-0.1, -0.05) is 0 Å². The fraction of sp³-hybridized carbons (Fsp3) is 0.692. The van der Waals surface area contributed by atoms with Crippen LogP contribution in [0.2, 0.25) is 0 Å². The van der Waals surface area contributed by atoms with Crippen LogP contribution in [0, 0.1) is 6.92 Å². The maximum atomic E-state index is 11.7. The van der Waals surface area contributed by atoms with E-state index in [1.807, 2.05) is 20.8 Å². The lowest BCUT2D eigenvalue weighted by molar-refractivity contribution is -0.121. The van der Waals surface area contributed by atoms with Gasteiger partial charge in [-0.25, -0.2) is 4.98 Å².